The van der Waals surface area contributed by atoms with Crippen LogP contribution in [0.1, 0.15) is 30.0 Å². The quantitative estimate of drug-likeness (QED) is 0.180. The number of para-hydroxylation sites is 4. The second-order valence-corrected chi connectivity index (χ2v) is 15.3. The molecule has 274 valence electrons. The maximum atomic E-state index is 6.76. The Bertz CT molecular complexity index is 3560. The normalized spacial score (nSPS) is 17.7. The number of rotatable bonds is 4. The third-order valence-electron chi connectivity index (χ3n) is 11.8. The number of hydrogen-bond donors (Lipinski definition) is 0. The highest BCUT2D eigenvalue weighted by Crippen LogP contribution is 2.40. The number of nitrogens with zero attached hydrogens (tertiary/aromatic N) is 3. The highest BCUT2D eigenvalue weighted by Gasteiger charge is 2.26. The van der Waals surface area contributed by atoms with E-state index in [0.717, 1.165) is 95.1 Å². The summed E-state index contributed by atoms with van der Waals surface area (Å²) < 4.78 is 15.8. The van der Waals surface area contributed by atoms with Crippen molar-refractivity contribution in [3.05, 3.63) is 193 Å². The maximum Gasteiger partial charge on any atom is 0.163 e. The lowest BCUT2D eigenvalue weighted by Crippen LogP contribution is -2.18. The molecule has 8 aromatic carbocycles. The van der Waals surface area contributed by atoms with Crippen molar-refractivity contribution in [2.45, 2.75) is 13.3 Å². The molecule has 3 aromatic heterocycles. The molecule has 0 N–H and O–H groups in total. The Morgan fingerprint density at radius 2 is 1.21 bits per heavy atom. The molecule has 0 saturated carbocycles. The van der Waals surface area contributed by atoms with E-state index in [4.69, 9.17) is 18.8 Å². The number of benzene rings is 8. The second-order valence-electron chi connectivity index (χ2n) is 15.3. The molecule has 58 heavy (non-hydrogen) atoms. The average molecular weight is 746 g/mol. The third-order valence-corrected chi connectivity index (χ3v) is 11.8. The molecule has 0 fully saturated rings. The van der Waals surface area contributed by atoms with Gasteiger partial charge in [0.05, 0.1) is 33.7 Å². The zero-order chi connectivity index (χ0) is 38.3. The first kappa shape index (κ1) is 32.7. The first-order valence-electron chi connectivity index (χ1n) is 19.9. The summed E-state index contributed by atoms with van der Waals surface area (Å²) in [6, 6.07) is 59.7. The Kier molecular flexibility index (Phi) is 7.20. The molecule has 0 spiro atoms. The first-order valence-corrected chi connectivity index (χ1v) is 19.9. The minimum Gasteiger partial charge on any atom is -0.456 e. The Labute approximate surface area is 333 Å². The summed E-state index contributed by atoms with van der Waals surface area (Å²) in [5, 5.41) is 9.05. The maximum absolute atomic E-state index is 6.76. The van der Waals surface area contributed by atoms with E-state index in [0.29, 0.717) is 5.84 Å². The summed E-state index contributed by atoms with van der Waals surface area (Å²) in [7, 11) is 0. The lowest BCUT2D eigenvalue weighted by atomic mass is 9.90. The van der Waals surface area contributed by atoms with Gasteiger partial charge in [0, 0.05) is 49.9 Å². The van der Waals surface area contributed by atoms with Gasteiger partial charge in [0.25, 0.3) is 0 Å². The van der Waals surface area contributed by atoms with Crippen molar-refractivity contribution in [2.24, 2.45) is 15.9 Å². The minimum atomic E-state index is 0.0216. The smallest absolute Gasteiger partial charge is 0.163 e. The fraction of sp³-hybridized carbons (Fsp3) is 0.0566. The number of fused-ring (bicyclic) bond motifs is 10. The van der Waals surface area contributed by atoms with Crippen LogP contribution in [-0.2, 0) is 0 Å². The molecule has 0 radical (unpaired) electrons. The zero-order valence-corrected chi connectivity index (χ0v) is 31.7. The third kappa shape index (κ3) is 5.03. The molecule has 5 nitrogen and oxygen atoms in total. The van der Waals surface area contributed by atoms with E-state index < -0.39 is 0 Å². The van der Waals surface area contributed by atoms with Crippen LogP contribution in [0.2, 0.25) is 0 Å². The van der Waals surface area contributed by atoms with E-state index in [9.17, 15) is 0 Å². The molecule has 4 heterocycles. The molecule has 11 aromatic rings. The van der Waals surface area contributed by atoms with Crippen LogP contribution in [0, 0.1) is 5.92 Å². The fourth-order valence-corrected chi connectivity index (χ4v) is 9.07. The molecule has 0 amide bonds. The molecule has 1 unspecified atom stereocenters. The van der Waals surface area contributed by atoms with Crippen LogP contribution in [0.5, 0.6) is 0 Å². The summed E-state index contributed by atoms with van der Waals surface area (Å²) in [6.07, 6.45) is 3.01. The van der Waals surface area contributed by atoms with Crippen LogP contribution in [0.25, 0.3) is 87.8 Å². The highest BCUT2D eigenvalue weighted by molar-refractivity contribution is 6.25. The van der Waals surface area contributed by atoms with E-state index in [1.54, 1.807) is 0 Å². The SMILES string of the molecule is CC1C/C=C(c2ccccc2)/N=C(c2cccc3c2oc2ccccc23)\N=C/1c1cc(-n2c3ccccc3c3cc4ccccc4cc32)cc2oc3ccccc3c12. The van der Waals surface area contributed by atoms with Crippen molar-refractivity contribution in [3.63, 3.8) is 0 Å². The van der Waals surface area contributed by atoms with Crippen LogP contribution in [0.15, 0.2) is 195 Å². The topological polar surface area (TPSA) is 55.9 Å². The number of aliphatic imine (C=N–C) groups is 2. The summed E-state index contributed by atoms with van der Waals surface area (Å²) in [6.45, 7) is 2.27. The Morgan fingerprint density at radius 1 is 0.517 bits per heavy atom. The number of hydrogen-bond acceptors (Lipinski definition) is 4. The van der Waals surface area contributed by atoms with Crippen LogP contribution in [-0.4, -0.2) is 16.1 Å². The van der Waals surface area contributed by atoms with E-state index in [2.05, 4.69) is 163 Å². The van der Waals surface area contributed by atoms with Crippen LogP contribution < -0.4 is 0 Å². The highest BCUT2D eigenvalue weighted by atomic mass is 16.3. The standard InChI is InChI=1S/C53H35N3O2/c1-32-26-27-44(33-14-3-2-4-15-33)54-53(41-22-13-21-39-38-19-8-11-24-47(38)58-52(39)41)55-51(32)43-30-36(31-49-50(43)40-20-9-12-25-48(40)57-49)56-45-23-10-7-18-37(45)42-28-34-16-5-6-17-35(34)29-46(42)56/h2-25,27-32H,26H2,1H3/b44-27+,54-53-,55-51+. The van der Waals surface area contributed by atoms with Crippen LogP contribution in [0.4, 0.5) is 0 Å². The largest absolute Gasteiger partial charge is 0.456 e. The molecule has 0 saturated heterocycles. The van der Waals surface area contributed by atoms with Crippen molar-refractivity contribution in [2.75, 3.05) is 0 Å². The lowest BCUT2D eigenvalue weighted by molar-refractivity contribution is 0.667. The van der Waals surface area contributed by atoms with Gasteiger partial charge in [-0.15, -0.1) is 0 Å². The summed E-state index contributed by atoms with van der Waals surface area (Å²) in [5.74, 6) is 0.629. The van der Waals surface area contributed by atoms with E-state index >= 15 is 0 Å². The predicted octanol–water partition coefficient (Wildman–Crippen LogP) is 14.1. The van der Waals surface area contributed by atoms with Gasteiger partial charge in [-0.25, -0.2) is 9.98 Å². The van der Waals surface area contributed by atoms with E-state index in [1.165, 1.54) is 21.5 Å². The van der Waals surface area contributed by atoms with Gasteiger partial charge < -0.3 is 13.4 Å². The Balaban J connectivity index is 1.17. The molecular weight excluding hydrogens is 711 g/mol. The van der Waals surface area contributed by atoms with Gasteiger partial charge in [-0.3, -0.25) is 0 Å². The molecule has 5 heteroatoms. The van der Waals surface area contributed by atoms with Gasteiger partial charge >= 0.3 is 0 Å². The molecule has 0 bridgehead atoms. The summed E-state index contributed by atoms with van der Waals surface area (Å²) in [4.78, 5) is 11.1. The molecular formula is C53H35N3O2. The van der Waals surface area contributed by atoms with E-state index in [1.807, 2.05) is 24.3 Å². The average Bonchev–Trinajstić information content (AvgIpc) is 3.94. The Hall–Kier alpha value is -7.50. The van der Waals surface area contributed by atoms with Gasteiger partial charge in [-0.2, -0.15) is 0 Å². The van der Waals surface area contributed by atoms with Crippen molar-refractivity contribution in [1.29, 1.82) is 0 Å². The van der Waals surface area contributed by atoms with Gasteiger partial charge in [0.2, 0.25) is 0 Å². The van der Waals surface area contributed by atoms with Crippen LogP contribution in [0.3, 0.4) is 0 Å². The van der Waals surface area contributed by atoms with Crippen molar-refractivity contribution in [1.82, 2.24) is 4.57 Å². The van der Waals surface area contributed by atoms with Crippen molar-refractivity contribution >= 4 is 93.7 Å². The van der Waals surface area contributed by atoms with E-state index in [-0.39, 0.29) is 5.92 Å². The monoisotopic (exact) mass is 745 g/mol. The van der Waals surface area contributed by atoms with Gasteiger partial charge in [-0.05, 0) is 65.2 Å². The first-order chi connectivity index (χ1) is 28.7. The Morgan fingerprint density at radius 3 is 2.05 bits per heavy atom. The lowest BCUT2D eigenvalue weighted by Gasteiger charge is -2.20. The molecule has 1 aliphatic rings. The molecule has 1 atom stereocenters. The van der Waals surface area contributed by atoms with Gasteiger partial charge in [-0.1, -0.05) is 134 Å². The number of amidine groups is 1. The predicted molar refractivity (Wildman–Crippen MR) is 241 cm³/mol. The summed E-state index contributed by atoms with van der Waals surface area (Å²) >= 11 is 0. The van der Waals surface area contributed by atoms with Crippen molar-refractivity contribution < 1.29 is 8.83 Å². The number of furan rings is 2. The van der Waals surface area contributed by atoms with Crippen LogP contribution >= 0.6 is 0 Å². The number of allylic oxidation sites excluding steroid dienone is 1. The molecule has 12 rings (SSSR count). The summed E-state index contributed by atoms with van der Waals surface area (Å²) in [5.41, 5.74) is 11.3. The van der Waals surface area contributed by atoms with Gasteiger partial charge in [0.15, 0.2) is 5.84 Å². The molecule has 1 aliphatic heterocycles. The van der Waals surface area contributed by atoms with Crippen molar-refractivity contribution in [3.8, 4) is 5.69 Å². The molecule has 0 aliphatic carbocycles. The number of aromatic nitrogens is 1. The fourth-order valence-electron chi connectivity index (χ4n) is 9.07. The minimum absolute atomic E-state index is 0.0216. The second kappa shape index (κ2) is 12.8. The zero-order valence-electron chi connectivity index (χ0n) is 31.7. The van der Waals surface area contributed by atoms with Gasteiger partial charge in [0.1, 0.15) is 22.3 Å².